The SMILES string of the molecule is C=CCn1c(C)nn(Cc2cccc(C#N)c2)c1=O. The number of benzene rings is 1. The van der Waals surface area contributed by atoms with Gasteiger partial charge in [-0.15, -0.1) is 6.58 Å². The van der Waals surface area contributed by atoms with Gasteiger partial charge in [0.1, 0.15) is 5.82 Å². The Labute approximate surface area is 111 Å². The van der Waals surface area contributed by atoms with Crippen LogP contribution in [0.2, 0.25) is 0 Å². The minimum absolute atomic E-state index is 0.167. The second-order valence-corrected chi connectivity index (χ2v) is 4.20. The molecule has 2 rings (SSSR count). The van der Waals surface area contributed by atoms with Gasteiger partial charge in [0.15, 0.2) is 0 Å². The van der Waals surface area contributed by atoms with Crippen LogP contribution in [-0.4, -0.2) is 14.3 Å². The number of allylic oxidation sites excluding steroid dienone is 1. The number of aryl methyl sites for hydroxylation is 1. The van der Waals surface area contributed by atoms with Crippen LogP contribution in [0.15, 0.2) is 41.7 Å². The summed E-state index contributed by atoms with van der Waals surface area (Å²) in [4.78, 5) is 12.1. The summed E-state index contributed by atoms with van der Waals surface area (Å²) in [6, 6.07) is 9.23. The molecule has 1 heterocycles. The number of rotatable bonds is 4. The predicted octanol–water partition coefficient (Wildman–Crippen LogP) is 1.46. The Hall–Kier alpha value is -2.61. The van der Waals surface area contributed by atoms with Gasteiger partial charge in [-0.25, -0.2) is 9.48 Å². The average molecular weight is 254 g/mol. The van der Waals surface area contributed by atoms with Crippen molar-refractivity contribution in [2.24, 2.45) is 0 Å². The van der Waals surface area contributed by atoms with Gasteiger partial charge in [0.05, 0.1) is 18.2 Å². The lowest BCUT2D eigenvalue weighted by atomic mass is 10.1. The molecule has 0 saturated heterocycles. The standard InChI is InChI=1S/C14H14N4O/c1-3-7-17-11(2)16-18(14(17)19)10-13-6-4-5-12(8-13)9-15/h3-6,8H,1,7,10H2,2H3. The van der Waals surface area contributed by atoms with Gasteiger partial charge < -0.3 is 0 Å². The second kappa shape index (κ2) is 5.36. The first-order chi connectivity index (χ1) is 9.15. The van der Waals surface area contributed by atoms with Gasteiger partial charge in [0.25, 0.3) is 0 Å². The zero-order valence-electron chi connectivity index (χ0n) is 10.7. The van der Waals surface area contributed by atoms with Crippen LogP contribution in [0.25, 0.3) is 0 Å². The normalized spacial score (nSPS) is 10.1. The first kappa shape index (κ1) is 12.8. The number of hydrogen-bond acceptors (Lipinski definition) is 3. The van der Waals surface area contributed by atoms with E-state index in [0.29, 0.717) is 24.5 Å². The first-order valence-electron chi connectivity index (χ1n) is 5.90. The van der Waals surface area contributed by atoms with Crippen molar-refractivity contribution in [3.05, 3.63) is 64.4 Å². The molecular formula is C14H14N4O. The van der Waals surface area contributed by atoms with Crippen LogP contribution in [-0.2, 0) is 13.1 Å². The lowest BCUT2D eigenvalue weighted by Gasteiger charge is -2.00. The van der Waals surface area contributed by atoms with Gasteiger partial charge in [0, 0.05) is 6.54 Å². The van der Waals surface area contributed by atoms with Crippen LogP contribution < -0.4 is 5.69 Å². The van der Waals surface area contributed by atoms with E-state index in [1.807, 2.05) is 6.07 Å². The zero-order valence-corrected chi connectivity index (χ0v) is 10.7. The molecule has 0 unspecified atom stereocenters. The highest BCUT2D eigenvalue weighted by atomic mass is 16.2. The number of aromatic nitrogens is 3. The van der Waals surface area contributed by atoms with Gasteiger partial charge in [-0.05, 0) is 24.6 Å². The second-order valence-electron chi connectivity index (χ2n) is 4.20. The number of hydrogen-bond donors (Lipinski definition) is 0. The molecule has 1 aromatic carbocycles. The minimum Gasteiger partial charge on any atom is -0.275 e. The third-order valence-electron chi connectivity index (χ3n) is 2.81. The predicted molar refractivity (Wildman–Crippen MR) is 71.7 cm³/mol. The van der Waals surface area contributed by atoms with E-state index in [2.05, 4.69) is 17.7 Å². The Morgan fingerprint density at radius 1 is 1.53 bits per heavy atom. The van der Waals surface area contributed by atoms with Crippen LogP contribution >= 0.6 is 0 Å². The van der Waals surface area contributed by atoms with Crippen molar-refractivity contribution in [2.45, 2.75) is 20.0 Å². The van der Waals surface area contributed by atoms with Crippen molar-refractivity contribution in [3.8, 4) is 6.07 Å². The largest absolute Gasteiger partial charge is 0.346 e. The maximum Gasteiger partial charge on any atom is 0.346 e. The summed E-state index contributed by atoms with van der Waals surface area (Å²) in [6.45, 7) is 6.21. The van der Waals surface area contributed by atoms with E-state index in [1.165, 1.54) is 4.68 Å². The van der Waals surface area contributed by atoms with Gasteiger partial charge in [-0.1, -0.05) is 18.2 Å². The molecule has 0 saturated carbocycles. The fraction of sp³-hybridized carbons (Fsp3) is 0.214. The molecular weight excluding hydrogens is 240 g/mol. The Kier molecular flexibility index (Phi) is 3.62. The van der Waals surface area contributed by atoms with Gasteiger partial charge >= 0.3 is 5.69 Å². The van der Waals surface area contributed by atoms with Crippen molar-refractivity contribution >= 4 is 0 Å². The molecule has 0 amide bonds. The summed E-state index contributed by atoms with van der Waals surface area (Å²) < 4.78 is 2.95. The fourth-order valence-electron chi connectivity index (χ4n) is 1.90. The molecule has 0 fully saturated rings. The van der Waals surface area contributed by atoms with Crippen LogP contribution in [0, 0.1) is 18.3 Å². The average Bonchev–Trinajstić information content (AvgIpc) is 2.67. The van der Waals surface area contributed by atoms with Crippen molar-refractivity contribution in [1.82, 2.24) is 14.3 Å². The van der Waals surface area contributed by atoms with Crippen LogP contribution in [0.1, 0.15) is 17.0 Å². The Morgan fingerprint density at radius 3 is 3.00 bits per heavy atom. The van der Waals surface area contributed by atoms with E-state index in [1.54, 1.807) is 35.8 Å². The molecule has 2 aromatic rings. The topological polar surface area (TPSA) is 63.6 Å². The smallest absolute Gasteiger partial charge is 0.275 e. The molecule has 96 valence electrons. The third-order valence-corrected chi connectivity index (χ3v) is 2.81. The van der Waals surface area contributed by atoms with E-state index in [0.717, 1.165) is 5.56 Å². The summed E-state index contributed by atoms with van der Waals surface area (Å²) in [5.74, 6) is 0.654. The molecule has 0 N–H and O–H groups in total. The van der Waals surface area contributed by atoms with Crippen molar-refractivity contribution in [1.29, 1.82) is 5.26 Å². The maximum atomic E-state index is 12.1. The summed E-state index contributed by atoms with van der Waals surface area (Å²) in [5, 5.41) is 13.1. The van der Waals surface area contributed by atoms with Crippen molar-refractivity contribution in [3.63, 3.8) is 0 Å². The van der Waals surface area contributed by atoms with Crippen LogP contribution in [0.5, 0.6) is 0 Å². The Balaban J connectivity index is 2.34. The van der Waals surface area contributed by atoms with Gasteiger partial charge in [-0.2, -0.15) is 10.4 Å². The van der Waals surface area contributed by atoms with Gasteiger partial charge in [-0.3, -0.25) is 4.57 Å². The maximum absolute atomic E-state index is 12.1. The molecule has 0 atom stereocenters. The summed E-state index contributed by atoms with van der Waals surface area (Å²) in [5.41, 5.74) is 1.29. The summed E-state index contributed by atoms with van der Waals surface area (Å²) in [6.07, 6.45) is 1.66. The highest BCUT2D eigenvalue weighted by molar-refractivity contribution is 5.32. The molecule has 19 heavy (non-hydrogen) atoms. The van der Waals surface area contributed by atoms with Crippen LogP contribution in [0.4, 0.5) is 0 Å². The van der Waals surface area contributed by atoms with E-state index in [9.17, 15) is 4.79 Å². The lowest BCUT2D eigenvalue weighted by molar-refractivity contribution is 0.639. The van der Waals surface area contributed by atoms with Crippen molar-refractivity contribution < 1.29 is 0 Å². The molecule has 0 aliphatic carbocycles. The third kappa shape index (κ3) is 2.63. The Bertz CT molecular complexity index is 703. The first-order valence-corrected chi connectivity index (χ1v) is 5.90. The molecule has 0 bridgehead atoms. The van der Waals surface area contributed by atoms with Crippen molar-refractivity contribution in [2.75, 3.05) is 0 Å². The molecule has 0 radical (unpaired) electrons. The lowest BCUT2D eigenvalue weighted by Crippen LogP contribution is -2.25. The molecule has 5 heteroatoms. The fourth-order valence-corrected chi connectivity index (χ4v) is 1.90. The number of nitriles is 1. The quantitative estimate of drug-likeness (QED) is 0.776. The minimum atomic E-state index is -0.167. The summed E-state index contributed by atoms with van der Waals surface area (Å²) >= 11 is 0. The van der Waals surface area contributed by atoms with Gasteiger partial charge in [0.2, 0.25) is 0 Å². The molecule has 1 aromatic heterocycles. The number of nitrogens with zero attached hydrogens (tertiary/aromatic N) is 4. The Morgan fingerprint density at radius 2 is 2.32 bits per heavy atom. The van der Waals surface area contributed by atoms with E-state index >= 15 is 0 Å². The van der Waals surface area contributed by atoms with Crippen LogP contribution in [0.3, 0.4) is 0 Å². The highest BCUT2D eigenvalue weighted by Crippen LogP contribution is 2.05. The molecule has 0 aliphatic rings. The van der Waals surface area contributed by atoms with E-state index < -0.39 is 0 Å². The zero-order chi connectivity index (χ0) is 13.8. The van der Waals surface area contributed by atoms with E-state index in [-0.39, 0.29) is 5.69 Å². The van der Waals surface area contributed by atoms with E-state index in [4.69, 9.17) is 5.26 Å². The molecule has 0 spiro atoms. The molecule has 5 nitrogen and oxygen atoms in total. The molecule has 0 aliphatic heterocycles. The highest BCUT2D eigenvalue weighted by Gasteiger charge is 2.09. The summed E-state index contributed by atoms with van der Waals surface area (Å²) in [7, 11) is 0. The monoisotopic (exact) mass is 254 g/mol.